The van der Waals surface area contributed by atoms with Crippen molar-refractivity contribution in [3.8, 4) is 5.75 Å². The van der Waals surface area contributed by atoms with E-state index in [1.165, 1.54) is 12.3 Å². The summed E-state index contributed by atoms with van der Waals surface area (Å²) in [6.07, 6.45) is 2.95. The largest absolute Gasteiger partial charge is 0.491 e. The van der Waals surface area contributed by atoms with Crippen molar-refractivity contribution in [1.82, 2.24) is 14.9 Å². The summed E-state index contributed by atoms with van der Waals surface area (Å²) in [5.74, 6) is 0.130. The molecule has 0 saturated heterocycles. The summed E-state index contributed by atoms with van der Waals surface area (Å²) in [7, 11) is -1.58. The van der Waals surface area contributed by atoms with Crippen LogP contribution in [0.5, 0.6) is 5.75 Å². The fourth-order valence-electron chi connectivity index (χ4n) is 3.33. The van der Waals surface area contributed by atoms with Crippen LogP contribution in [0.25, 0.3) is 10.9 Å². The van der Waals surface area contributed by atoms with Crippen LogP contribution in [-0.2, 0) is 16.9 Å². The Bertz CT molecular complexity index is 1200. The molecule has 28 heavy (non-hydrogen) atoms. The van der Waals surface area contributed by atoms with Crippen molar-refractivity contribution >= 4 is 38.2 Å². The van der Waals surface area contributed by atoms with E-state index in [9.17, 15) is 13.2 Å². The van der Waals surface area contributed by atoms with Crippen LogP contribution < -0.4 is 10.1 Å². The number of aryl methyl sites for hydroxylation is 1. The standard InChI is InChI=1S/C19H18ClN3O4S/c1-23-15-8-12(20)4-3-11(15)7-16(23)19(24)22-14-5-6-27-17-9-13(28(2,25)26)10-21-18(14)17/h3-4,7-10,14H,5-6H2,1-2H3,(H,22,24). The summed E-state index contributed by atoms with van der Waals surface area (Å²) in [4.78, 5) is 17.2. The van der Waals surface area contributed by atoms with Gasteiger partial charge in [0.05, 0.1) is 17.5 Å². The number of nitrogens with one attached hydrogen (secondary N) is 1. The van der Waals surface area contributed by atoms with Gasteiger partial charge in [-0.2, -0.15) is 0 Å². The highest BCUT2D eigenvalue weighted by atomic mass is 35.5. The third-order valence-electron chi connectivity index (χ3n) is 4.82. The molecule has 1 N–H and O–H groups in total. The zero-order chi connectivity index (χ0) is 20.1. The Labute approximate surface area is 167 Å². The van der Waals surface area contributed by atoms with Crippen LogP contribution >= 0.6 is 11.6 Å². The molecule has 9 heteroatoms. The molecule has 0 saturated carbocycles. The molecule has 0 fully saturated rings. The van der Waals surface area contributed by atoms with Crippen LogP contribution in [0, 0.1) is 0 Å². The summed E-state index contributed by atoms with van der Waals surface area (Å²) < 4.78 is 30.8. The Balaban J connectivity index is 1.64. The predicted octanol–water partition coefficient (Wildman–Crippen LogP) is 2.88. The quantitative estimate of drug-likeness (QED) is 0.704. The zero-order valence-corrected chi connectivity index (χ0v) is 16.8. The number of aromatic nitrogens is 2. The normalized spacial score (nSPS) is 16.5. The summed E-state index contributed by atoms with van der Waals surface area (Å²) >= 11 is 6.06. The van der Waals surface area contributed by atoms with Crippen molar-refractivity contribution < 1.29 is 17.9 Å². The fourth-order valence-corrected chi connectivity index (χ4v) is 4.07. The molecule has 7 nitrogen and oxygen atoms in total. The monoisotopic (exact) mass is 419 g/mol. The Morgan fingerprint density at radius 2 is 2.11 bits per heavy atom. The van der Waals surface area contributed by atoms with Crippen molar-refractivity contribution in [2.75, 3.05) is 12.9 Å². The van der Waals surface area contributed by atoms with Gasteiger partial charge in [-0.3, -0.25) is 9.78 Å². The van der Waals surface area contributed by atoms with Crippen molar-refractivity contribution in [2.24, 2.45) is 7.05 Å². The Hall–Kier alpha value is -2.58. The molecule has 0 spiro atoms. The van der Waals surface area contributed by atoms with Gasteiger partial charge in [0, 0.05) is 47.9 Å². The SMILES string of the molecule is Cn1c(C(=O)NC2CCOc3cc(S(C)(=O)=O)cnc32)cc2ccc(Cl)cc21. The molecule has 4 rings (SSSR count). The minimum atomic E-state index is -3.39. The number of carbonyl (C=O) groups is 1. The van der Waals surface area contributed by atoms with Crippen LogP contribution in [0.1, 0.15) is 28.6 Å². The second kappa shape index (κ2) is 6.79. The maximum absolute atomic E-state index is 12.9. The summed E-state index contributed by atoms with van der Waals surface area (Å²) in [6.45, 7) is 0.359. The lowest BCUT2D eigenvalue weighted by molar-refractivity contribution is 0.0915. The average molecular weight is 420 g/mol. The number of carbonyl (C=O) groups excluding carboxylic acids is 1. The van der Waals surface area contributed by atoms with Crippen LogP contribution in [0.2, 0.25) is 5.02 Å². The number of hydrogen-bond acceptors (Lipinski definition) is 5. The molecule has 3 heterocycles. The molecule has 1 amide bonds. The van der Waals surface area contributed by atoms with Crippen LogP contribution in [0.3, 0.4) is 0 Å². The Morgan fingerprint density at radius 1 is 1.32 bits per heavy atom. The first-order valence-electron chi connectivity index (χ1n) is 8.62. The van der Waals surface area contributed by atoms with Crippen molar-refractivity contribution in [2.45, 2.75) is 17.4 Å². The number of pyridine rings is 1. The summed E-state index contributed by atoms with van der Waals surface area (Å²) in [5, 5.41) is 4.50. The molecule has 0 radical (unpaired) electrons. The number of rotatable bonds is 3. The van der Waals surface area contributed by atoms with Crippen molar-refractivity contribution in [3.05, 3.63) is 52.9 Å². The van der Waals surface area contributed by atoms with E-state index in [0.29, 0.717) is 35.2 Å². The molecule has 1 aliphatic rings. The van der Waals surface area contributed by atoms with E-state index in [-0.39, 0.29) is 16.8 Å². The zero-order valence-electron chi connectivity index (χ0n) is 15.3. The Morgan fingerprint density at radius 3 is 2.86 bits per heavy atom. The first-order chi connectivity index (χ1) is 13.2. The summed E-state index contributed by atoms with van der Waals surface area (Å²) in [6, 6.07) is 8.35. The minimum absolute atomic E-state index is 0.0868. The van der Waals surface area contributed by atoms with E-state index >= 15 is 0 Å². The van der Waals surface area contributed by atoms with Gasteiger partial charge in [-0.05, 0) is 18.2 Å². The number of hydrogen-bond donors (Lipinski definition) is 1. The molecule has 2 aromatic heterocycles. The highest BCUT2D eigenvalue weighted by Gasteiger charge is 2.27. The number of sulfone groups is 1. The highest BCUT2D eigenvalue weighted by molar-refractivity contribution is 7.90. The topological polar surface area (TPSA) is 90.3 Å². The predicted molar refractivity (Wildman–Crippen MR) is 106 cm³/mol. The van der Waals surface area contributed by atoms with Crippen molar-refractivity contribution in [3.63, 3.8) is 0 Å². The highest BCUT2D eigenvalue weighted by Crippen LogP contribution is 2.32. The molecule has 0 bridgehead atoms. The molecular formula is C19H18ClN3O4S. The van der Waals surface area contributed by atoms with Crippen molar-refractivity contribution in [1.29, 1.82) is 0 Å². The summed E-state index contributed by atoms with van der Waals surface area (Å²) in [5.41, 5.74) is 1.88. The third kappa shape index (κ3) is 3.33. The Kier molecular flexibility index (Phi) is 4.55. The van der Waals surface area contributed by atoms with Gasteiger partial charge in [-0.15, -0.1) is 0 Å². The molecule has 1 atom stereocenters. The van der Waals surface area contributed by atoms with E-state index < -0.39 is 9.84 Å². The second-order valence-electron chi connectivity index (χ2n) is 6.78. The van der Waals surface area contributed by atoms with Gasteiger partial charge < -0.3 is 14.6 Å². The first-order valence-corrected chi connectivity index (χ1v) is 10.9. The minimum Gasteiger partial charge on any atom is -0.491 e. The lowest BCUT2D eigenvalue weighted by Crippen LogP contribution is -2.33. The van der Waals surface area contributed by atoms with Gasteiger partial charge in [-0.25, -0.2) is 8.42 Å². The lowest BCUT2D eigenvalue weighted by Gasteiger charge is -2.26. The molecule has 146 valence electrons. The number of fused-ring (bicyclic) bond motifs is 2. The van der Waals surface area contributed by atoms with Gasteiger partial charge in [0.15, 0.2) is 9.84 Å². The number of halogens is 1. The maximum Gasteiger partial charge on any atom is 0.268 e. The molecular weight excluding hydrogens is 402 g/mol. The smallest absolute Gasteiger partial charge is 0.268 e. The van der Waals surface area contributed by atoms with Gasteiger partial charge >= 0.3 is 0 Å². The number of ether oxygens (including phenoxy) is 1. The van der Waals surface area contributed by atoms with E-state index in [1.807, 2.05) is 19.2 Å². The van der Waals surface area contributed by atoms with E-state index in [2.05, 4.69) is 10.3 Å². The number of nitrogens with zero attached hydrogens (tertiary/aromatic N) is 2. The molecule has 0 aliphatic carbocycles. The molecule has 1 unspecified atom stereocenters. The van der Waals surface area contributed by atoms with Crippen LogP contribution in [0.15, 0.2) is 41.4 Å². The van der Waals surface area contributed by atoms with E-state index in [0.717, 1.165) is 17.2 Å². The van der Waals surface area contributed by atoms with E-state index in [4.69, 9.17) is 16.3 Å². The van der Waals surface area contributed by atoms with Gasteiger partial charge in [0.1, 0.15) is 17.1 Å². The fraction of sp³-hybridized carbons (Fsp3) is 0.263. The second-order valence-corrected chi connectivity index (χ2v) is 9.23. The lowest BCUT2D eigenvalue weighted by atomic mass is 10.1. The first kappa shape index (κ1) is 18.8. The van der Waals surface area contributed by atoms with Crippen LogP contribution in [0.4, 0.5) is 0 Å². The van der Waals surface area contributed by atoms with Gasteiger partial charge in [0.25, 0.3) is 5.91 Å². The maximum atomic E-state index is 12.9. The van der Waals surface area contributed by atoms with E-state index in [1.54, 1.807) is 16.7 Å². The van der Waals surface area contributed by atoms with Gasteiger partial charge in [-0.1, -0.05) is 17.7 Å². The molecule has 1 aliphatic heterocycles. The van der Waals surface area contributed by atoms with Gasteiger partial charge in [0.2, 0.25) is 0 Å². The third-order valence-corrected chi connectivity index (χ3v) is 6.14. The molecule has 3 aromatic rings. The molecule has 1 aromatic carbocycles. The van der Waals surface area contributed by atoms with Crippen LogP contribution in [-0.4, -0.2) is 36.7 Å². The average Bonchev–Trinajstić information content (AvgIpc) is 2.97. The number of amides is 1. The number of benzene rings is 1.